The molecule has 124 valence electrons. The molecule has 0 saturated heterocycles. The fourth-order valence-corrected chi connectivity index (χ4v) is 4.37. The van der Waals surface area contributed by atoms with Gasteiger partial charge in [-0.2, -0.15) is 0 Å². The largest absolute Gasteiger partial charge is 0.253 e. The molecule has 3 aromatic rings. The second-order valence-corrected chi connectivity index (χ2v) is 7.88. The Bertz CT molecular complexity index is 825. The fourth-order valence-electron chi connectivity index (χ4n) is 3.38. The molecule has 1 fully saturated rings. The maximum atomic E-state index is 4.77. The number of para-hydroxylation sites is 1. The van der Waals surface area contributed by atoms with E-state index in [-0.39, 0.29) is 0 Å². The van der Waals surface area contributed by atoms with Gasteiger partial charge in [0.25, 0.3) is 0 Å². The molecule has 0 amide bonds. The maximum Gasteiger partial charge on any atom is 0.209 e. The van der Waals surface area contributed by atoms with Gasteiger partial charge in [0, 0.05) is 22.8 Å². The average molecular weight is 339 g/mol. The average Bonchev–Trinajstić information content (AvgIpc) is 3.25. The van der Waals surface area contributed by atoms with Crippen molar-refractivity contribution in [1.29, 1.82) is 0 Å². The zero-order chi connectivity index (χ0) is 16.4. The minimum atomic E-state index is 0.379. The van der Waals surface area contributed by atoms with Crippen LogP contribution in [0.2, 0.25) is 0 Å². The van der Waals surface area contributed by atoms with Crippen LogP contribution in [0.15, 0.2) is 41.6 Å². The van der Waals surface area contributed by atoms with Gasteiger partial charge in [0.1, 0.15) is 0 Å². The monoisotopic (exact) mass is 339 g/mol. The van der Waals surface area contributed by atoms with Crippen LogP contribution in [0, 0.1) is 0 Å². The number of benzene rings is 1. The van der Waals surface area contributed by atoms with E-state index in [1.807, 2.05) is 16.8 Å². The molecule has 0 spiro atoms. The summed E-state index contributed by atoms with van der Waals surface area (Å²) in [7, 11) is 0. The molecule has 1 aliphatic carbocycles. The first-order chi connectivity index (χ1) is 11.8. The Hall–Kier alpha value is -1.95. The summed E-state index contributed by atoms with van der Waals surface area (Å²) in [4.78, 5) is 4.77. The van der Waals surface area contributed by atoms with Gasteiger partial charge in [0.15, 0.2) is 0 Å². The number of pyridine rings is 1. The minimum absolute atomic E-state index is 0.379. The summed E-state index contributed by atoms with van der Waals surface area (Å²) >= 11 is 1.75. The molecule has 1 aromatic carbocycles. The van der Waals surface area contributed by atoms with E-state index in [4.69, 9.17) is 4.98 Å². The van der Waals surface area contributed by atoms with E-state index in [0.717, 1.165) is 22.8 Å². The normalized spacial score (nSPS) is 16.7. The smallest absolute Gasteiger partial charge is 0.209 e. The lowest BCUT2D eigenvalue weighted by Crippen LogP contribution is -2.11. The van der Waals surface area contributed by atoms with Crippen LogP contribution in [0.25, 0.3) is 10.9 Å². The third-order valence-corrected chi connectivity index (χ3v) is 5.64. The van der Waals surface area contributed by atoms with Crippen molar-refractivity contribution < 1.29 is 0 Å². The molecule has 0 aliphatic heterocycles. The first-order valence-electron chi connectivity index (χ1n) is 8.59. The second-order valence-electron chi connectivity index (χ2n) is 6.47. The van der Waals surface area contributed by atoms with Crippen LogP contribution in [0.4, 0.5) is 0 Å². The highest BCUT2D eigenvalue weighted by atomic mass is 32.2. The van der Waals surface area contributed by atoms with E-state index >= 15 is 0 Å². The molecule has 0 N–H and O–H groups in total. The van der Waals surface area contributed by atoms with Crippen LogP contribution in [-0.2, 0) is 6.42 Å². The number of nitrogens with zero attached hydrogens (tertiary/aromatic N) is 5. The highest BCUT2D eigenvalue weighted by Gasteiger charge is 2.22. The summed E-state index contributed by atoms with van der Waals surface area (Å²) in [6, 6.07) is 13.0. The Morgan fingerprint density at radius 1 is 1.17 bits per heavy atom. The third-order valence-electron chi connectivity index (χ3n) is 4.59. The molecular weight excluding hydrogens is 318 g/mol. The van der Waals surface area contributed by atoms with Crippen molar-refractivity contribution in [3.63, 3.8) is 0 Å². The van der Waals surface area contributed by atoms with E-state index in [1.165, 1.54) is 31.1 Å². The lowest BCUT2D eigenvalue weighted by atomic mass is 10.1. The fraction of sp³-hybridized carbons (Fsp3) is 0.444. The molecule has 1 saturated carbocycles. The molecule has 1 aliphatic rings. The van der Waals surface area contributed by atoms with Gasteiger partial charge >= 0.3 is 0 Å². The van der Waals surface area contributed by atoms with Crippen molar-refractivity contribution in [2.75, 3.05) is 0 Å². The summed E-state index contributed by atoms with van der Waals surface area (Å²) in [6.07, 6.45) is 5.86. The molecule has 6 heteroatoms. The van der Waals surface area contributed by atoms with Crippen molar-refractivity contribution in [2.45, 2.75) is 55.5 Å². The Labute approximate surface area is 145 Å². The maximum absolute atomic E-state index is 4.77. The van der Waals surface area contributed by atoms with Gasteiger partial charge in [-0.1, -0.05) is 55.8 Å². The highest BCUT2D eigenvalue weighted by molar-refractivity contribution is 7.99. The van der Waals surface area contributed by atoms with Crippen molar-refractivity contribution >= 4 is 22.7 Å². The molecule has 1 atom stereocenters. The second kappa shape index (κ2) is 6.89. The predicted molar refractivity (Wildman–Crippen MR) is 96.1 cm³/mol. The van der Waals surface area contributed by atoms with Crippen LogP contribution < -0.4 is 0 Å². The van der Waals surface area contributed by atoms with E-state index in [1.54, 1.807) is 11.8 Å². The molecule has 2 aromatic heterocycles. The van der Waals surface area contributed by atoms with Crippen LogP contribution in [0.1, 0.15) is 44.3 Å². The lowest BCUT2D eigenvalue weighted by Gasteiger charge is -2.14. The number of hydrogen-bond donors (Lipinski definition) is 0. The summed E-state index contributed by atoms with van der Waals surface area (Å²) < 4.78 is 2.03. The number of rotatable bonds is 5. The third kappa shape index (κ3) is 3.29. The quantitative estimate of drug-likeness (QED) is 0.656. The first-order valence-corrected chi connectivity index (χ1v) is 9.47. The van der Waals surface area contributed by atoms with Crippen LogP contribution in [0.5, 0.6) is 0 Å². The molecule has 0 bridgehead atoms. The molecular formula is C18H21N5S. The molecule has 0 radical (unpaired) electrons. The van der Waals surface area contributed by atoms with Gasteiger partial charge in [-0.15, -0.1) is 5.10 Å². The van der Waals surface area contributed by atoms with Crippen LogP contribution in [0.3, 0.4) is 0 Å². The lowest BCUT2D eigenvalue weighted by molar-refractivity contribution is 0.422. The van der Waals surface area contributed by atoms with E-state index < -0.39 is 0 Å². The van der Waals surface area contributed by atoms with E-state index in [9.17, 15) is 0 Å². The molecule has 5 nitrogen and oxygen atoms in total. The Morgan fingerprint density at radius 3 is 2.88 bits per heavy atom. The highest BCUT2D eigenvalue weighted by Crippen LogP contribution is 2.33. The van der Waals surface area contributed by atoms with Crippen LogP contribution in [-0.4, -0.2) is 30.4 Å². The van der Waals surface area contributed by atoms with Crippen molar-refractivity contribution in [2.24, 2.45) is 0 Å². The summed E-state index contributed by atoms with van der Waals surface area (Å²) in [6.45, 7) is 2.22. The molecule has 4 rings (SSSR count). The Morgan fingerprint density at radius 2 is 2.00 bits per heavy atom. The number of hydrogen-bond acceptors (Lipinski definition) is 5. The van der Waals surface area contributed by atoms with Gasteiger partial charge in [-0.3, -0.25) is 4.98 Å². The van der Waals surface area contributed by atoms with Crippen LogP contribution >= 0.6 is 11.8 Å². The predicted octanol–water partition coefficient (Wildman–Crippen LogP) is 4.06. The number of tetrazole rings is 1. The zero-order valence-corrected chi connectivity index (χ0v) is 14.6. The topological polar surface area (TPSA) is 56.5 Å². The van der Waals surface area contributed by atoms with Crippen molar-refractivity contribution in [3.05, 3.63) is 42.1 Å². The van der Waals surface area contributed by atoms with Gasteiger partial charge < -0.3 is 0 Å². The summed E-state index contributed by atoms with van der Waals surface area (Å²) in [5.41, 5.74) is 2.18. The zero-order valence-electron chi connectivity index (χ0n) is 13.8. The number of thioether (sulfide) groups is 1. The standard InChI is InChI=1S/C18H21N5S/c1-13(12-15-11-10-14-6-2-5-9-17(14)19-15)24-18-20-21-22-23(18)16-7-3-4-8-16/h2,5-6,9-11,13,16H,3-4,7-8,12H2,1H3/t13-/m1/s1. The summed E-state index contributed by atoms with van der Waals surface area (Å²) in [5, 5.41) is 14.9. The Balaban J connectivity index is 1.46. The Kier molecular flexibility index (Phi) is 4.47. The molecule has 0 unspecified atom stereocenters. The molecule has 24 heavy (non-hydrogen) atoms. The van der Waals surface area contributed by atoms with Gasteiger partial charge in [-0.25, -0.2) is 4.68 Å². The number of fused-ring (bicyclic) bond motifs is 1. The van der Waals surface area contributed by atoms with Gasteiger partial charge in [-0.05, 0) is 35.4 Å². The first kappa shape index (κ1) is 15.6. The summed E-state index contributed by atoms with van der Waals surface area (Å²) in [5.74, 6) is 0. The van der Waals surface area contributed by atoms with Gasteiger partial charge in [0.05, 0.1) is 11.6 Å². The van der Waals surface area contributed by atoms with Gasteiger partial charge in [0.2, 0.25) is 5.16 Å². The van der Waals surface area contributed by atoms with Crippen molar-refractivity contribution in [3.8, 4) is 0 Å². The van der Waals surface area contributed by atoms with E-state index in [0.29, 0.717) is 11.3 Å². The molecule has 2 heterocycles. The number of aromatic nitrogens is 5. The van der Waals surface area contributed by atoms with E-state index in [2.05, 4.69) is 46.7 Å². The minimum Gasteiger partial charge on any atom is -0.253 e. The van der Waals surface area contributed by atoms with Crippen molar-refractivity contribution in [1.82, 2.24) is 25.2 Å². The SMILES string of the molecule is C[C@H](Cc1ccc2ccccc2n1)Sc1nnnn1C1CCCC1.